The number of carbonyl (C=O) groups excluding carboxylic acids is 1. The summed E-state index contributed by atoms with van der Waals surface area (Å²) in [4.78, 5) is 14.4. The van der Waals surface area contributed by atoms with Crippen LogP contribution >= 0.6 is 11.8 Å². The maximum Gasteiger partial charge on any atom is 0.261 e. The number of aryl methyl sites for hydroxylation is 2. The van der Waals surface area contributed by atoms with E-state index in [-0.39, 0.29) is 10.8 Å². The Labute approximate surface area is 163 Å². The van der Waals surface area contributed by atoms with Crippen LogP contribution in [0.25, 0.3) is 0 Å². The maximum absolute atomic E-state index is 12.8. The Morgan fingerprint density at radius 1 is 1.15 bits per heavy atom. The lowest BCUT2D eigenvalue weighted by molar-refractivity contribution is -0.117. The molecule has 0 aromatic heterocycles. The first-order valence-electron chi connectivity index (χ1n) is 8.42. The van der Waals surface area contributed by atoms with Crippen LogP contribution in [0.4, 0.5) is 11.4 Å². The fraction of sp³-hybridized carbons (Fsp3) is 0.263. The summed E-state index contributed by atoms with van der Waals surface area (Å²) in [6.45, 7) is 4.26. The van der Waals surface area contributed by atoms with Crippen molar-refractivity contribution < 1.29 is 13.2 Å². The van der Waals surface area contributed by atoms with Crippen LogP contribution in [0.2, 0.25) is 0 Å². The highest BCUT2D eigenvalue weighted by Gasteiger charge is 2.23. The number of hydrogen-bond acceptors (Lipinski definition) is 5. The fourth-order valence-electron chi connectivity index (χ4n) is 3.12. The number of thiocyanates is 1. The molecule has 6 nitrogen and oxygen atoms in total. The van der Waals surface area contributed by atoms with E-state index in [4.69, 9.17) is 5.26 Å². The quantitative estimate of drug-likeness (QED) is 0.608. The van der Waals surface area contributed by atoms with Gasteiger partial charge in [-0.05, 0) is 79.6 Å². The minimum absolute atomic E-state index is 0.0605. The number of anilines is 2. The van der Waals surface area contributed by atoms with E-state index < -0.39 is 10.0 Å². The van der Waals surface area contributed by atoms with Crippen LogP contribution in [-0.4, -0.2) is 20.9 Å². The van der Waals surface area contributed by atoms with E-state index in [0.717, 1.165) is 34.2 Å². The van der Waals surface area contributed by atoms with E-state index in [9.17, 15) is 13.2 Å². The molecular weight excluding hydrogens is 382 g/mol. The molecule has 3 rings (SSSR count). The van der Waals surface area contributed by atoms with Gasteiger partial charge in [-0.3, -0.25) is 9.52 Å². The highest BCUT2D eigenvalue weighted by atomic mass is 32.2. The largest absolute Gasteiger partial charge is 0.312 e. The topological polar surface area (TPSA) is 90.3 Å². The summed E-state index contributed by atoms with van der Waals surface area (Å²) in [5, 5.41) is 10.8. The number of benzene rings is 2. The number of hydrogen-bond donors (Lipinski definition) is 1. The molecule has 0 aliphatic carbocycles. The highest BCUT2D eigenvalue weighted by molar-refractivity contribution is 8.03. The minimum Gasteiger partial charge on any atom is -0.312 e. The summed E-state index contributed by atoms with van der Waals surface area (Å²) in [6.07, 6.45) is 1.35. The number of nitrogens with zero attached hydrogens (tertiary/aromatic N) is 2. The Bertz CT molecular complexity index is 1000. The molecule has 1 N–H and O–H groups in total. The van der Waals surface area contributed by atoms with Gasteiger partial charge in [0.2, 0.25) is 5.91 Å². The number of rotatable bonds is 5. The number of thioether (sulfide) groups is 1. The molecular formula is C19H19N3O3S2. The van der Waals surface area contributed by atoms with Crippen molar-refractivity contribution in [1.82, 2.24) is 0 Å². The standard InChI is InChI=1S/C19H19N3O3S2/c1-13-10-16(26-12-20)11-14(2)19(13)21-27(24,25)17-7-5-15(6-8-17)22-9-3-4-18(22)23/h5-8,10-11,21H,3-4,9H2,1-2H3. The summed E-state index contributed by atoms with van der Waals surface area (Å²) in [5.74, 6) is 0.0605. The number of carbonyl (C=O) groups is 1. The van der Waals surface area contributed by atoms with Gasteiger partial charge in [0.25, 0.3) is 10.0 Å². The molecule has 2 aromatic rings. The molecule has 1 amide bonds. The van der Waals surface area contributed by atoms with Crippen molar-refractivity contribution in [3.8, 4) is 5.40 Å². The summed E-state index contributed by atoms with van der Waals surface area (Å²) >= 11 is 1.04. The van der Waals surface area contributed by atoms with E-state index in [1.54, 1.807) is 43.0 Å². The third-order valence-corrected chi connectivity index (χ3v) is 6.37. The predicted octanol–water partition coefficient (Wildman–Crippen LogP) is 3.80. The second kappa shape index (κ2) is 7.62. The molecule has 1 aliphatic heterocycles. The molecule has 0 radical (unpaired) electrons. The lowest BCUT2D eigenvalue weighted by atomic mass is 10.1. The molecule has 0 saturated carbocycles. The van der Waals surface area contributed by atoms with Crippen LogP contribution in [0.15, 0.2) is 46.2 Å². The first-order valence-corrected chi connectivity index (χ1v) is 10.7. The Kier molecular flexibility index (Phi) is 5.44. The molecule has 1 heterocycles. The normalized spacial score (nSPS) is 14.3. The zero-order valence-corrected chi connectivity index (χ0v) is 16.7. The van der Waals surface area contributed by atoms with Gasteiger partial charge in [0.15, 0.2) is 0 Å². The fourth-order valence-corrected chi connectivity index (χ4v) is 4.90. The predicted molar refractivity (Wildman–Crippen MR) is 106 cm³/mol. The van der Waals surface area contributed by atoms with Crippen molar-refractivity contribution in [2.75, 3.05) is 16.2 Å². The average molecular weight is 402 g/mol. The summed E-state index contributed by atoms with van der Waals surface area (Å²) < 4.78 is 28.2. The summed E-state index contributed by atoms with van der Waals surface area (Å²) in [6, 6.07) is 9.89. The molecule has 0 unspecified atom stereocenters. The minimum atomic E-state index is -3.76. The third kappa shape index (κ3) is 4.10. The highest BCUT2D eigenvalue weighted by Crippen LogP contribution is 2.30. The molecule has 1 saturated heterocycles. The van der Waals surface area contributed by atoms with Crippen molar-refractivity contribution in [3.63, 3.8) is 0 Å². The lowest BCUT2D eigenvalue weighted by Crippen LogP contribution is -2.23. The van der Waals surface area contributed by atoms with Gasteiger partial charge in [-0.1, -0.05) is 0 Å². The third-order valence-electron chi connectivity index (χ3n) is 4.44. The molecule has 8 heteroatoms. The van der Waals surface area contributed by atoms with Crippen molar-refractivity contribution in [2.24, 2.45) is 0 Å². The second-order valence-corrected chi connectivity index (χ2v) is 8.91. The summed E-state index contributed by atoms with van der Waals surface area (Å²) in [5.41, 5.74) is 2.71. The molecule has 0 bridgehead atoms. The van der Waals surface area contributed by atoms with Crippen molar-refractivity contribution in [2.45, 2.75) is 36.5 Å². The monoisotopic (exact) mass is 401 g/mol. The van der Waals surface area contributed by atoms with Crippen LogP contribution in [0.3, 0.4) is 0 Å². The van der Waals surface area contributed by atoms with Gasteiger partial charge in [-0.2, -0.15) is 5.26 Å². The van der Waals surface area contributed by atoms with Crippen LogP contribution in [0, 0.1) is 24.5 Å². The zero-order chi connectivity index (χ0) is 19.6. The van der Waals surface area contributed by atoms with Gasteiger partial charge in [-0.25, -0.2) is 8.42 Å². The van der Waals surface area contributed by atoms with Gasteiger partial charge in [0.05, 0.1) is 10.6 Å². The van der Waals surface area contributed by atoms with Crippen LogP contribution < -0.4 is 9.62 Å². The van der Waals surface area contributed by atoms with E-state index in [2.05, 4.69) is 4.72 Å². The van der Waals surface area contributed by atoms with Crippen molar-refractivity contribution in [1.29, 1.82) is 5.26 Å². The van der Waals surface area contributed by atoms with Crippen molar-refractivity contribution in [3.05, 3.63) is 47.5 Å². The van der Waals surface area contributed by atoms with Gasteiger partial charge in [0.1, 0.15) is 5.40 Å². The van der Waals surface area contributed by atoms with E-state index >= 15 is 0 Å². The zero-order valence-electron chi connectivity index (χ0n) is 15.0. The smallest absolute Gasteiger partial charge is 0.261 e. The SMILES string of the molecule is Cc1cc(SC#N)cc(C)c1NS(=O)(=O)c1ccc(N2CCCC2=O)cc1. The lowest BCUT2D eigenvalue weighted by Gasteiger charge is -2.17. The van der Waals surface area contributed by atoms with Gasteiger partial charge in [0, 0.05) is 23.5 Å². The molecule has 0 atom stereocenters. The van der Waals surface area contributed by atoms with Crippen LogP contribution in [0.5, 0.6) is 0 Å². The summed E-state index contributed by atoms with van der Waals surface area (Å²) in [7, 11) is -3.76. The van der Waals surface area contributed by atoms with Gasteiger partial charge in [-0.15, -0.1) is 0 Å². The van der Waals surface area contributed by atoms with Gasteiger partial charge < -0.3 is 4.90 Å². The van der Waals surface area contributed by atoms with E-state index in [0.29, 0.717) is 24.3 Å². The van der Waals surface area contributed by atoms with E-state index in [1.807, 2.05) is 5.40 Å². The van der Waals surface area contributed by atoms with Crippen molar-refractivity contribution >= 4 is 39.1 Å². The molecule has 1 aliphatic rings. The number of nitriles is 1. The molecule has 27 heavy (non-hydrogen) atoms. The second-order valence-electron chi connectivity index (χ2n) is 6.37. The van der Waals surface area contributed by atoms with Gasteiger partial charge >= 0.3 is 0 Å². The Morgan fingerprint density at radius 2 is 1.78 bits per heavy atom. The Balaban J connectivity index is 1.85. The maximum atomic E-state index is 12.8. The van der Waals surface area contributed by atoms with Crippen LogP contribution in [-0.2, 0) is 14.8 Å². The number of sulfonamides is 1. The Morgan fingerprint density at radius 3 is 2.30 bits per heavy atom. The average Bonchev–Trinajstić information content (AvgIpc) is 3.05. The Hall–Kier alpha value is -2.50. The first kappa shape index (κ1) is 19.3. The molecule has 2 aromatic carbocycles. The van der Waals surface area contributed by atoms with E-state index in [1.165, 1.54) is 12.1 Å². The number of nitrogens with one attached hydrogen (secondary N) is 1. The molecule has 1 fully saturated rings. The number of amides is 1. The molecule has 0 spiro atoms. The van der Waals surface area contributed by atoms with Crippen LogP contribution in [0.1, 0.15) is 24.0 Å². The molecule has 140 valence electrons. The first-order chi connectivity index (χ1) is 12.8.